The highest BCUT2D eigenvalue weighted by molar-refractivity contribution is 7.90. The summed E-state index contributed by atoms with van der Waals surface area (Å²) in [6.45, 7) is 0. The highest BCUT2D eigenvalue weighted by atomic mass is 32.2. The summed E-state index contributed by atoms with van der Waals surface area (Å²) in [7, 11) is -4.01. The Balaban J connectivity index is 2.03. The summed E-state index contributed by atoms with van der Waals surface area (Å²) >= 11 is 0. The molecule has 0 aliphatic carbocycles. The summed E-state index contributed by atoms with van der Waals surface area (Å²) in [6, 6.07) is 14.0. The zero-order valence-corrected chi connectivity index (χ0v) is 14.9. The van der Waals surface area contributed by atoms with Crippen molar-refractivity contribution in [1.29, 1.82) is 0 Å². The molecule has 142 valence electrons. The van der Waals surface area contributed by atoms with E-state index in [0.29, 0.717) is 11.6 Å². The number of nitrogens with zero attached hydrogens (tertiary/aromatic N) is 3. The zero-order chi connectivity index (χ0) is 19.9. The van der Waals surface area contributed by atoms with Crippen LogP contribution in [-0.4, -0.2) is 22.4 Å². The molecule has 0 aliphatic rings. The molecule has 2 aromatic carbocycles. The van der Waals surface area contributed by atoms with Crippen LogP contribution in [0.2, 0.25) is 0 Å². The third-order valence-electron chi connectivity index (χ3n) is 4.25. The number of rotatable bonds is 3. The molecular formula is C19H12F3N3O2S. The number of fused-ring (bicyclic) bond motifs is 1. The van der Waals surface area contributed by atoms with E-state index in [1.807, 2.05) is 0 Å². The number of benzene rings is 2. The van der Waals surface area contributed by atoms with Gasteiger partial charge in [-0.15, -0.1) is 0 Å². The van der Waals surface area contributed by atoms with Crippen LogP contribution in [0, 0.1) is 0 Å². The van der Waals surface area contributed by atoms with Crippen molar-refractivity contribution >= 4 is 20.9 Å². The smallest absolute Gasteiger partial charge is 0.244 e. The van der Waals surface area contributed by atoms with Crippen LogP contribution in [-0.2, 0) is 16.2 Å². The molecule has 0 bridgehead atoms. The average molecular weight is 403 g/mol. The van der Waals surface area contributed by atoms with Crippen molar-refractivity contribution in [3.05, 3.63) is 78.9 Å². The summed E-state index contributed by atoms with van der Waals surface area (Å²) in [5, 5.41) is 0.339. The van der Waals surface area contributed by atoms with Crippen molar-refractivity contribution in [2.45, 2.75) is 11.1 Å². The van der Waals surface area contributed by atoms with Gasteiger partial charge in [-0.3, -0.25) is 0 Å². The van der Waals surface area contributed by atoms with Crippen LogP contribution in [0.5, 0.6) is 0 Å². The molecule has 2 aromatic heterocycles. The molecule has 2 heterocycles. The fourth-order valence-electron chi connectivity index (χ4n) is 3.00. The molecule has 4 rings (SSSR count). The molecule has 5 nitrogen and oxygen atoms in total. The van der Waals surface area contributed by atoms with Gasteiger partial charge in [0.2, 0.25) is 0 Å². The zero-order valence-electron chi connectivity index (χ0n) is 14.1. The minimum absolute atomic E-state index is 0.0287. The summed E-state index contributed by atoms with van der Waals surface area (Å²) in [5.74, 6) is 0. The van der Waals surface area contributed by atoms with Gasteiger partial charge in [-0.2, -0.15) is 13.2 Å². The Morgan fingerprint density at radius 3 is 2.32 bits per heavy atom. The molecule has 0 unspecified atom stereocenters. The van der Waals surface area contributed by atoms with Crippen molar-refractivity contribution < 1.29 is 21.6 Å². The van der Waals surface area contributed by atoms with E-state index >= 15 is 0 Å². The van der Waals surface area contributed by atoms with Gasteiger partial charge >= 0.3 is 6.18 Å². The van der Waals surface area contributed by atoms with E-state index in [-0.39, 0.29) is 21.7 Å². The molecule has 4 aromatic rings. The largest absolute Gasteiger partial charge is 0.419 e. The van der Waals surface area contributed by atoms with Gasteiger partial charge < -0.3 is 0 Å². The predicted molar refractivity (Wildman–Crippen MR) is 97.0 cm³/mol. The van der Waals surface area contributed by atoms with Gasteiger partial charge in [-0.05, 0) is 18.2 Å². The maximum absolute atomic E-state index is 13.4. The molecule has 0 atom stereocenters. The lowest BCUT2D eigenvalue weighted by Crippen LogP contribution is -2.12. The highest BCUT2D eigenvalue weighted by Gasteiger charge is 2.36. The minimum Gasteiger partial charge on any atom is -0.244 e. The number of para-hydroxylation sites is 1. The van der Waals surface area contributed by atoms with Crippen molar-refractivity contribution in [2.75, 3.05) is 0 Å². The number of aromatic nitrogens is 3. The van der Waals surface area contributed by atoms with Gasteiger partial charge in [0.05, 0.1) is 16.1 Å². The van der Waals surface area contributed by atoms with Gasteiger partial charge in [0.1, 0.15) is 11.9 Å². The van der Waals surface area contributed by atoms with E-state index < -0.39 is 21.8 Å². The maximum Gasteiger partial charge on any atom is 0.419 e. The van der Waals surface area contributed by atoms with Crippen LogP contribution in [0.1, 0.15) is 5.56 Å². The molecule has 0 saturated carbocycles. The molecule has 28 heavy (non-hydrogen) atoms. The van der Waals surface area contributed by atoms with E-state index in [0.717, 1.165) is 10.3 Å². The third kappa shape index (κ3) is 2.93. The first-order valence-electron chi connectivity index (χ1n) is 8.08. The molecule has 0 amide bonds. The summed E-state index contributed by atoms with van der Waals surface area (Å²) < 4.78 is 67.5. The second-order valence-corrected chi connectivity index (χ2v) is 7.77. The lowest BCUT2D eigenvalue weighted by Gasteiger charge is -2.10. The molecule has 0 spiro atoms. The Labute approximate surface area is 158 Å². The normalized spacial score (nSPS) is 12.4. The van der Waals surface area contributed by atoms with Gasteiger partial charge in [0.25, 0.3) is 10.0 Å². The Morgan fingerprint density at radius 1 is 0.929 bits per heavy atom. The van der Waals surface area contributed by atoms with Gasteiger partial charge in [0, 0.05) is 23.3 Å². The Bertz CT molecular complexity index is 1270. The minimum atomic E-state index is -4.68. The van der Waals surface area contributed by atoms with Gasteiger partial charge in [0.15, 0.2) is 0 Å². The molecule has 0 aliphatic heterocycles. The summed E-state index contributed by atoms with van der Waals surface area (Å²) in [6.07, 6.45) is -1.83. The molecule has 0 fully saturated rings. The fraction of sp³-hybridized carbons (Fsp3) is 0.0526. The average Bonchev–Trinajstić information content (AvgIpc) is 3.08. The summed E-state index contributed by atoms with van der Waals surface area (Å²) in [4.78, 5) is 7.29. The highest BCUT2D eigenvalue weighted by Crippen LogP contribution is 2.39. The van der Waals surface area contributed by atoms with Gasteiger partial charge in [-0.1, -0.05) is 36.4 Å². The molecule has 9 heteroatoms. The van der Waals surface area contributed by atoms with Crippen LogP contribution in [0.3, 0.4) is 0 Å². The molecule has 0 saturated heterocycles. The Kier molecular flexibility index (Phi) is 4.19. The first-order chi connectivity index (χ1) is 13.3. The second-order valence-electron chi connectivity index (χ2n) is 5.96. The van der Waals surface area contributed by atoms with Crippen molar-refractivity contribution in [2.24, 2.45) is 0 Å². The third-order valence-corrected chi connectivity index (χ3v) is 5.94. The second kappa shape index (κ2) is 6.45. The number of hydrogen-bond donors (Lipinski definition) is 0. The van der Waals surface area contributed by atoms with Crippen LogP contribution in [0.25, 0.3) is 22.2 Å². The monoisotopic (exact) mass is 403 g/mol. The lowest BCUT2D eigenvalue weighted by atomic mass is 10.1. The van der Waals surface area contributed by atoms with Crippen molar-refractivity contribution in [3.63, 3.8) is 0 Å². The standard InChI is InChI=1S/C19H12F3N3O2S/c20-19(21,22)16-10-23-12-24-18(16)15-11-25(17-9-5-4-8-14(15)17)28(26,27)13-6-2-1-3-7-13/h1-12H. The Hall–Kier alpha value is -3.20. The quantitative estimate of drug-likeness (QED) is 0.510. The maximum atomic E-state index is 13.4. The molecule has 0 N–H and O–H groups in total. The van der Waals surface area contributed by atoms with E-state index in [4.69, 9.17) is 0 Å². The Morgan fingerprint density at radius 2 is 1.61 bits per heavy atom. The van der Waals surface area contributed by atoms with Crippen LogP contribution >= 0.6 is 0 Å². The van der Waals surface area contributed by atoms with Gasteiger partial charge in [-0.25, -0.2) is 22.4 Å². The van der Waals surface area contributed by atoms with Crippen LogP contribution < -0.4 is 0 Å². The van der Waals surface area contributed by atoms with E-state index in [2.05, 4.69) is 9.97 Å². The summed E-state index contributed by atoms with van der Waals surface area (Å²) in [5.41, 5.74) is -1.09. The van der Waals surface area contributed by atoms with E-state index in [1.54, 1.807) is 36.4 Å². The van der Waals surface area contributed by atoms with Crippen LogP contribution in [0.15, 0.2) is 78.2 Å². The van der Waals surface area contributed by atoms with Crippen molar-refractivity contribution in [3.8, 4) is 11.3 Å². The number of alkyl halides is 3. The SMILES string of the molecule is O=S(=O)(c1ccccc1)n1cc(-c2ncncc2C(F)(F)F)c2ccccc21. The van der Waals surface area contributed by atoms with E-state index in [9.17, 15) is 21.6 Å². The predicted octanol–water partition coefficient (Wildman–Crippen LogP) is 4.35. The molecular weight excluding hydrogens is 391 g/mol. The lowest BCUT2D eigenvalue weighted by molar-refractivity contribution is -0.137. The topological polar surface area (TPSA) is 64.8 Å². The molecule has 0 radical (unpaired) electrons. The number of halogens is 3. The van der Waals surface area contributed by atoms with Crippen LogP contribution in [0.4, 0.5) is 13.2 Å². The van der Waals surface area contributed by atoms with Crippen molar-refractivity contribution in [1.82, 2.24) is 13.9 Å². The van der Waals surface area contributed by atoms with E-state index in [1.165, 1.54) is 24.4 Å². The first-order valence-corrected chi connectivity index (χ1v) is 9.52. The number of hydrogen-bond acceptors (Lipinski definition) is 4. The fourth-order valence-corrected chi connectivity index (χ4v) is 4.39. The first kappa shape index (κ1) is 18.2.